The minimum atomic E-state index is -0.948. The van der Waals surface area contributed by atoms with Gasteiger partial charge in [0.15, 0.2) is 6.04 Å². The average molecular weight is 367 g/mol. The molecule has 0 aromatic carbocycles. The number of carboxylic acids is 1. The molecule has 1 atom stereocenters. The SMILES string of the molecule is CC(C)[C@H]([NH3+])C(=O)N1CCC(C(=O)NCC2CCC(C(=O)[O-])CC2)CC1. The maximum absolute atomic E-state index is 12.4. The number of nitrogens with one attached hydrogen (secondary N) is 1. The van der Waals surface area contributed by atoms with Gasteiger partial charge in [-0.15, -0.1) is 0 Å². The molecule has 1 saturated carbocycles. The van der Waals surface area contributed by atoms with E-state index in [1.54, 1.807) is 0 Å². The van der Waals surface area contributed by atoms with E-state index < -0.39 is 5.97 Å². The van der Waals surface area contributed by atoms with Crippen LogP contribution in [0, 0.1) is 23.7 Å². The Morgan fingerprint density at radius 2 is 1.62 bits per heavy atom. The first-order chi connectivity index (χ1) is 12.3. The molecule has 0 bridgehead atoms. The quantitative estimate of drug-likeness (QED) is 0.637. The van der Waals surface area contributed by atoms with Gasteiger partial charge in [-0.2, -0.15) is 0 Å². The molecule has 2 rings (SSSR count). The third-order valence-corrected chi connectivity index (χ3v) is 6.04. The second-order valence-corrected chi connectivity index (χ2v) is 8.23. The summed E-state index contributed by atoms with van der Waals surface area (Å²) >= 11 is 0. The third kappa shape index (κ3) is 5.43. The fourth-order valence-corrected chi connectivity index (χ4v) is 3.87. The van der Waals surface area contributed by atoms with Crippen LogP contribution in [-0.4, -0.2) is 48.4 Å². The van der Waals surface area contributed by atoms with Gasteiger partial charge in [-0.05, 0) is 50.4 Å². The van der Waals surface area contributed by atoms with Crippen molar-refractivity contribution in [1.29, 1.82) is 0 Å². The molecule has 0 aromatic rings. The Bertz CT molecular complexity index is 507. The Morgan fingerprint density at radius 1 is 1.04 bits per heavy atom. The monoisotopic (exact) mass is 367 g/mol. The molecular weight excluding hydrogens is 334 g/mol. The van der Waals surface area contributed by atoms with Crippen molar-refractivity contribution in [3.63, 3.8) is 0 Å². The van der Waals surface area contributed by atoms with Crippen molar-refractivity contribution in [3.05, 3.63) is 0 Å². The molecule has 148 valence electrons. The molecule has 0 radical (unpaired) electrons. The van der Waals surface area contributed by atoms with E-state index in [0.29, 0.717) is 51.2 Å². The molecule has 1 aliphatic heterocycles. The van der Waals surface area contributed by atoms with Gasteiger partial charge in [-0.25, -0.2) is 0 Å². The van der Waals surface area contributed by atoms with E-state index >= 15 is 0 Å². The number of aliphatic carboxylic acids is 1. The molecule has 1 aliphatic carbocycles. The van der Waals surface area contributed by atoms with E-state index in [9.17, 15) is 19.5 Å². The lowest BCUT2D eigenvalue weighted by Crippen LogP contribution is -2.70. The van der Waals surface area contributed by atoms with Gasteiger partial charge >= 0.3 is 0 Å². The van der Waals surface area contributed by atoms with Crippen molar-refractivity contribution in [2.24, 2.45) is 23.7 Å². The number of amides is 2. The van der Waals surface area contributed by atoms with Crippen LogP contribution in [-0.2, 0) is 14.4 Å². The number of piperidine rings is 1. The first kappa shape index (κ1) is 20.7. The maximum Gasteiger partial charge on any atom is 0.280 e. The molecule has 1 saturated heterocycles. The van der Waals surface area contributed by atoms with Crippen LogP contribution in [0.5, 0.6) is 0 Å². The van der Waals surface area contributed by atoms with Crippen LogP contribution in [0.15, 0.2) is 0 Å². The Morgan fingerprint density at radius 3 is 2.12 bits per heavy atom. The molecule has 0 unspecified atom stereocenters. The Kier molecular flexibility index (Phi) is 7.43. The summed E-state index contributed by atoms with van der Waals surface area (Å²) in [5, 5.41) is 13.9. The van der Waals surface area contributed by atoms with Crippen LogP contribution >= 0.6 is 0 Å². The van der Waals surface area contributed by atoms with Gasteiger partial charge in [0.2, 0.25) is 5.91 Å². The zero-order chi connectivity index (χ0) is 19.3. The normalized spacial score (nSPS) is 25.8. The summed E-state index contributed by atoms with van der Waals surface area (Å²) in [6.07, 6.45) is 4.33. The number of likely N-dealkylation sites (tertiary alicyclic amines) is 1. The highest BCUT2D eigenvalue weighted by atomic mass is 16.4. The fourth-order valence-electron chi connectivity index (χ4n) is 3.87. The van der Waals surface area contributed by atoms with Gasteiger partial charge in [-0.3, -0.25) is 9.59 Å². The molecule has 2 amide bonds. The fraction of sp³-hybridized carbons (Fsp3) is 0.842. The highest BCUT2D eigenvalue weighted by Gasteiger charge is 2.32. The van der Waals surface area contributed by atoms with Crippen molar-refractivity contribution in [1.82, 2.24) is 10.2 Å². The summed E-state index contributed by atoms with van der Waals surface area (Å²) in [5.41, 5.74) is 3.95. The van der Waals surface area contributed by atoms with Gasteiger partial charge in [0, 0.05) is 37.4 Å². The number of carbonyl (C=O) groups excluding carboxylic acids is 3. The number of nitrogens with zero attached hydrogens (tertiary/aromatic N) is 1. The van der Waals surface area contributed by atoms with Crippen LogP contribution in [0.3, 0.4) is 0 Å². The second kappa shape index (κ2) is 9.35. The van der Waals surface area contributed by atoms with Gasteiger partial charge in [0.25, 0.3) is 5.91 Å². The molecule has 4 N–H and O–H groups in total. The molecule has 0 spiro atoms. The van der Waals surface area contributed by atoms with Crippen molar-refractivity contribution >= 4 is 17.8 Å². The highest BCUT2D eigenvalue weighted by Crippen LogP contribution is 2.28. The maximum atomic E-state index is 12.4. The van der Waals surface area contributed by atoms with Gasteiger partial charge < -0.3 is 25.9 Å². The molecule has 2 aliphatic rings. The number of rotatable bonds is 6. The van der Waals surface area contributed by atoms with Gasteiger partial charge in [0.1, 0.15) is 0 Å². The predicted octanol–water partition coefficient (Wildman–Crippen LogP) is -0.836. The van der Waals surface area contributed by atoms with Crippen molar-refractivity contribution in [2.75, 3.05) is 19.6 Å². The zero-order valence-electron chi connectivity index (χ0n) is 16.0. The van der Waals surface area contributed by atoms with Crippen LogP contribution in [0.2, 0.25) is 0 Å². The van der Waals surface area contributed by atoms with E-state index in [2.05, 4.69) is 11.1 Å². The van der Waals surface area contributed by atoms with E-state index in [1.165, 1.54) is 0 Å². The molecule has 2 fully saturated rings. The lowest BCUT2D eigenvalue weighted by Gasteiger charge is -2.33. The smallest absolute Gasteiger partial charge is 0.280 e. The summed E-state index contributed by atoms with van der Waals surface area (Å²) in [4.78, 5) is 37.5. The Hall–Kier alpha value is -1.63. The van der Waals surface area contributed by atoms with Gasteiger partial charge in [0.05, 0.1) is 0 Å². The lowest BCUT2D eigenvalue weighted by atomic mass is 9.82. The number of quaternary nitrogens is 1. The number of hydrogen-bond donors (Lipinski definition) is 2. The molecule has 26 heavy (non-hydrogen) atoms. The molecule has 0 aromatic heterocycles. The summed E-state index contributed by atoms with van der Waals surface area (Å²) in [7, 11) is 0. The van der Waals surface area contributed by atoms with Crippen LogP contribution in [0.25, 0.3) is 0 Å². The van der Waals surface area contributed by atoms with Crippen molar-refractivity contribution in [3.8, 4) is 0 Å². The van der Waals surface area contributed by atoms with Gasteiger partial charge in [-0.1, -0.05) is 13.8 Å². The first-order valence-corrected chi connectivity index (χ1v) is 9.90. The number of carboxylic acid groups (broad SMARTS) is 1. The van der Waals surface area contributed by atoms with E-state index in [1.807, 2.05) is 18.7 Å². The van der Waals surface area contributed by atoms with Crippen molar-refractivity contribution in [2.45, 2.75) is 58.4 Å². The number of carbonyl (C=O) groups is 3. The van der Waals surface area contributed by atoms with Crippen molar-refractivity contribution < 1.29 is 25.2 Å². The zero-order valence-corrected chi connectivity index (χ0v) is 16.0. The summed E-state index contributed by atoms with van der Waals surface area (Å²) < 4.78 is 0. The summed E-state index contributed by atoms with van der Waals surface area (Å²) in [5.74, 6) is -0.592. The molecular formula is C19H33N3O4. The Balaban J connectivity index is 1.69. The van der Waals surface area contributed by atoms with E-state index in [-0.39, 0.29) is 35.6 Å². The second-order valence-electron chi connectivity index (χ2n) is 8.23. The molecule has 1 heterocycles. The average Bonchev–Trinajstić information content (AvgIpc) is 2.65. The minimum absolute atomic E-state index is 0.0408. The Labute approximate surface area is 155 Å². The van der Waals surface area contributed by atoms with E-state index in [0.717, 1.165) is 12.8 Å². The van der Waals surface area contributed by atoms with E-state index in [4.69, 9.17) is 0 Å². The van der Waals surface area contributed by atoms with Crippen LogP contribution in [0.4, 0.5) is 0 Å². The standard InChI is InChI=1S/C19H33N3O4/c1-12(2)16(20)18(24)22-9-7-14(8-10-22)17(23)21-11-13-3-5-15(6-4-13)19(25)26/h12-16H,3-11,20H2,1-2H3,(H,21,23)(H,25,26)/t13?,15?,16-/m0/s1. The van der Waals surface area contributed by atoms with Crippen LogP contribution in [0.1, 0.15) is 52.4 Å². The first-order valence-electron chi connectivity index (χ1n) is 9.90. The van der Waals surface area contributed by atoms with Crippen LogP contribution < -0.4 is 16.2 Å². The topological polar surface area (TPSA) is 117 Å². The lowest BCUT2D eigenvalue weighted by molar-refractivity contribution is -0.416. The molecule has 7 heteroatoms. The predicted molar refractivity (Wildman–Crippen MR) is 94.3 cm³/mol. The molecule has 7 nitrogen and oxygen atoms in total. The largest absolute Gasteiger partial charge is 0.550 e. The summed E-state index contributed by atoms with van der Waals surface area (Å²) in [6.45, 7) is 5.84. The number of hydrogen-bond acceptors (Lipinski definition) is 4. The highest BCUT2D eigenvalue weighted by molar-refractivity contribution is 5.82. The summed E-state index contributed by atoms with van der Waals surface area (Å²) in [6, 6.07) is -0.225. The minimum Gasteiger partial charge on any atom is -0.550 e. The third-order valence-electron chi connectivity index (χ3n) is 6.04.